The number of carboxylic acid groups (broad SMARTS) is 3. The SMILES string of the molecule is NC(CO)C(=O)NC(CC(=O)O)C(=O)NC(CC(=O)O)C(=O)N1CCCC1C(=O)O. The van der Waals surface area contributed by atoms with Crippen molar-refractivity contribution in [1.82, 2.24) is 15.5 Å². The highest BCUT2D eigenvalue weighted by atomic mass is 16.4. The van der Waals surface area contributed by atoms with E-state index in [4.69, 9.17) is 21.1 Å². The number of amides is 3. The summed E-state index contributed by atoms with van der Waals surface area (Å²) in [5.74, 6) is -7.41. The van der Waals surface area contributed by atoms with Gasteiger partial charge in [0.1, 0.15) is 24.2 Å². The fourth-order valence-corrected chi connectivity index (χ4v) is 2.88. The van der Waals surface area contributed by atoms with Crippen LogP contribution in [0.2, 0.25) is 0 Å². The Hall–Kier alpha value is -3.26. The minimum Gasteiger partial charge on any atom is -0.481 e. The first kappa shape index (κ1) is 24.8. The molecule has 1 saturated heterocycles. The average Bonchev–Trinajstić information content (AvgIpc) is 3.14. The second-order valence-electron chi connectivity index (χ2n) is 6.64. The molecule has 30 heavy (non-hydrogen) atoms. The number of rotatable bonds is 11. The normalized spacial score (nSPS) is 18.7. The highest BCUT2D eigenvalue weighted by Crippen LogP contribution is 2.19. The third-order valence-corrected chi connectivity index (χ3v) is 4.36. The van der Waals surface area contributed by atoms with E-state index in [0.29, 0.717) is 6.42 Å². The lowest BCUT2D eigenvalue weighted by atomic mass is 10.1. The molecule has 3 amide bonds. The molecule has 14 nitrogen and oxygen atoms in total. The van der Waals surface area contributed by atoms with Crippen LogP contribution in [-0.4, -0.2) is 98.3 Å². The summed E-state index contributed by atoms with van der Waals surface area (Å²) in [5.41, 5.74) is 5.30. The number of hydrogen-bond donors (Lipinski definition) is 7. The first-order valence-corrected chi connectivity index (χ1v) is 8.92. The Labute approximate surface area is 170 Å². The van der Waals surface area contributed by atoms with Crippen molar-refractivity contribution in [2.45, 2.75) is 49.9 Å². The van der Waals surface area contributed by atoms with Crippen LogP contribution >= 0.6 is 0 Å². The molecular weight excluding hydrogens is 408 g/mol. The second kappa shape index (κ2) is 11.1. The summed E-state index contributed by atoms with van der Waals surface area (Å²) in [5, 5.41) is 40.2. The molecule has 4 unspecified atom stereocenters. The molecule has 0 aliphatic carbocycles. The summed E-state index contributed by atoms with van der Waals surface area (Å²) in [7, 11) is 0. The summed E-state index contributed by atoms with van der Waals surface area (Å²) < 4.78 is 0. The number of hydrogen-bond acceptors (Lipinski definition) is 8. The number of carboxylic acids is 3. The van der Waals surface area contributed by atoms with Crippen molar-refractivity contribution >= 4 is 35.6 Å². The molecule has 1 heterocycles. The Morgan fingerprint density at radius 1 is 0.933 bits per heavy atom. The number of nitrogens with one attached hydrogen (secondary N) is 2. The minimum atomic E-state index is -1.72. The number of carbonyl (C=O) groups is 6. The Bertz CT molecular complexity index is 712. The molecular formula is C16H24N4O10. The molecule has 4 atom stereocenters. The van der Waals surface area contributed by atoms with E-state index < -0.39 is 79.2 Å². The third kappa shape index (κ3) is 6.97. The number of aliphatic hydroxyl groups excluding tert-OH is 1. The fourth-order valence-electron chi connectivity index (χ4n) is 2.88. The Morgan fingerprint density at radius 3 is 1.97 bits per heavy atom. The van der Waals surface area contributed by atoms with Crippen molar-refractivity contribution in [2.75, 3.05) is 13.2 Å². The molecule has 0 bridgehead atoms. The number of aliphatic hydroxyl groups is 1. The predicted molar refractivity (Wildman–Crippen MR) is 95.8 cm³/mol. The largest absolute Gasteiger partial charge is 0.481 e. The number of nitrogens with two attached hydrogens (primary N) is 1. The van der Waals surface area contributed by atoms with Crippen LogP contribution < -0.4 is 16.4 Å². The molecule has 1 aliphatic rings. The van der Waals surface area contributed by atoms with Crippen LogP contribution in [0.15, 0.2) is 0 Å². The Balaban J connectivity index is 3.01. The van der Waals surface area contributed by atoms with Crippen molar-refractivity contribution in [3.05, 3.63) is 0 Å². The Morgan fingerprint density at radius 2 is 1.47 bits per heavy atom. The van der Waals surface area contributed by atoms with E-state index in [1.54, 1.807) is 0 Å². The fraction of sp³-hybridized carbons (Fsp3) is 0.625. The molecule has 14 heteroatoms. The van der Waals surface area contributed by atoms with Gasteiger partial charge < -0.3 is 41.7 Å². The molecule has 168 valence electrons. The first-order chi connectivity index (χ1) is 14.0. The summed E-state index contributed by atoms with van der Waals surface area (Å²) in [6, 6.07) is -6.02. The second-order valence-corrected chi connectivity index (χ2v) is 6.64. The topological polar surface area (TPSA) is 237 Å². The Kier molecular flexibility index (Phi) is 9.14. The highest BCUT2D eigenvalue weighted by molar-refractivity contribution is 5.97. The van der Waals surface area contributed by atoms with Gasteiger partial charge in [0.05, 0.1) is 19.4 Å². The van der Waals surface area contributed by atoms with Crippen LogP contribution in [-0.2, 0) is 28.8 Å². The van der Waals surface area contributed by atoms with E-state index in [9.17, 15) is 33.9 Å². The molecule has 8 N–H and O–H groups in total. The third-order valence-electron chi connectivity index (χ3n) is 4.36. The summed E-state index contributed by atoms with van der Waals surface area (Å²) in [6.45, 7) is -0.735. The van der Waals surface area contributed by atoms with Gasteiger partial charge in [-0.1, -0.05) is 0 Å². The van der Waals surface area contributed by atoms with Crippen molar-refractivity contribution in [3.63, 3.8) is 0 Å². The van der Waals surface area contributed by atoms with Gasteiger partial charge in [-0.15, -0.1) is 0 Å². The van der Waals surface area contributed by atoms with Gasteiger partial charge >= 0.3 is 17.9 Å². The molecule has 0 aromatic carbocycles. The smallest absolute Gasteiger partial charge is 0.326 e. The highest BCUT2D eigenvalue weighted by Gasteiger charge is 2.39. The number of likely N-dealkylation sites (tertiary alicyclic amines) is 1. The quantitative estimate of drug-likeness (QED) is 0.168. The number of carbonyl (C=O) groups excluding carboxylic acids is 3. The van der Waals surface area contributed by atoms with Crippen molar-refractivity contribution in [1.29, 1.82) is 0 Å². The molecule has 0 aromatic rings. The molecule has 0 radical (unpaired) electrons. The number of aliphatic carboxylic acids is 3. The van der Waals surface area contributed by atoms with E-state index in [-0.39, 0.29) is 13.0 Å². The molecule has 1 rings (SSSR count). The molecule has 0 aromatic heterocycles. The lowest BCUT2D eigenvalue weighted by molar-refractivity contribution is -0.151. The van der Waals surface area contributed by atoms with Gasteiger partial charge in [0.25, 0.3) is 0 Å². The van der Waals surface area contributed by atoms with Gasteiger partial charge in [0.2, 0.25) is 17.7 Å². The van der Waals surface area contributed by atoms with Crippen molar-refractivity contribution < 1.29 is 49.2 Å². The van der Waals surface area contributed by atoms with E-state index >= 15 is 0 Å². The van der Waals surface area contributed by atoms with Crippen LogP contribution in [0.4, 0.5) is 0 Å². The maximum absolute atomic E-state index is 12.7. The van der Waals surface area contributed by atoms with Gasteiger partial charge in [-0.2, -0.15) is 0 Å². The van der Waals surface area contributed by atoms with E-state index in [0.717, 1.165) is 4.90 Å². The van der Waals surface area contributed by atoms with Crippen LogP contribution in [0.5, 0.6) is 0 Å². The first-order valence-electron chi connectivity index (χ1n) is 8.92. The number of nitrogens with zero attached hydrogens (tertiary/aromatic N) is 1. The monoisotopic (exact) mass is 432 g/mol. The zero-order chi connectivity index (χ0) is 23.0. The molecule has 0 spiro atoms. The van der Waals surface area contributed by atoms with Crippen LogP contribution in [0.1, 0.15) is 25.7 Å². The molecule has 0 saturated carbocycles. The van der Waals surface area contributed by atoms with Crippen molar-refractivity contribution in [2.24, 2.45) is 5.73 Å². The van der Waals surface area contributed by atoms with Gasteiger partial charge in [-0.25, -0.2) is 4.79 Å². The van der Waals surface area contributed by atoms with Gasteiger partial charge in [-0.05, 0) is 12.8 Å². The zero-order valence-electron chi connectivity index (χ0n) is 15.8. The van der Waals surface area contributed by atoms with Crippen molar-refractivity contribution in [3.8, 4) is 0 Å². The zero-order valence-corrected chi connectivity index (χ0v) is 15.8. The predicted octanol–water partition coefficient (Wildman–Crippen LogP) is -3.70. The van der Waals surface area contributed by atoms with Gasteiger partial charge in [-0.3, -0.25) is 24.0 Å². The van der Waals surface area contributed by atoms with Gasteiger partial charge in [0.15, 0.2) is 0 Å². The van der Waals surface area contributed by atoms with Crippen LogP contribution in [0.3, 0.4) is 0 Å². The lowest BCUT2D eigenvalue weighted by Crippen LogP contribution is -2.58. The molecule has 1 fully saturated rings. The molecule has 1 aliphatic heterocycles. The average molecular weight is 432 g/mol. The lowest BCUT2D eigenvalue weighted by Gasteiger charge is -2.28. The maximum Gasteiger partial charge on any atom is 0.326 e. The maximum atomic E-state index is 12.7. The van der Waals surface area contributed by atoms with Crippen LogP contribution in [0, 0.1) is 0 Å². The van der Waals surface area contributed by atoms with Crippen LogP contribution in [0.25, 0.3) is 0 Å². The summed E-state index contributed by atoms with van der Waals surface area (Å²) in [6.07, 6.45) is -1.28. The van der Waals surface area contributed by atoms with E-state index in [1.807, 2.05) is 5.32 Å². The van der Waals surface area contributed by atoms with E-state index in [2.05, 4.69) is 5.32 Å². The van der Waals surface area contributed by atoms with Gasteiger partial charge in [0, 0.05) is 6.54 Å². The summed E-state index contributed by atoms with van der Waals surface area (Å²) in [4.78, 5) is 71.3. The summed E-state index contributed by atoms with van der Waals surface area (Å²) >= 11 is 0. The van der Waals surface area contributed by atoms with E-state index in [1.165, 1.54) is 0 Å². The standard InChI is InChI=1S/C16H24N4O10/c17-7(6-21)13(26)18-8(4-11(22)23)14(27)19-9(5-12(24)25)15(28)20-3-1-2-10(20)16(29)30/h7-10,21H,1-6,17H2,(H,18,26)(H,19,27)(H,22,23)(H,24,25)(H,29,30). The minimum absolute atomic E-state index is 0.0441.